The molecule has 0 amide bonds. The first kappa shape index (κ1) is 6.71. The highest BCUT2D eigenvalue weighted by Gasteiger charge is 2.29. The van der Waals surface area contributed by atoms with E-state index in [4.69, 9.17) is 14.3 Å². The normalized spacial score (nSPS) is 26.8. The summed E-state index contributed by atoms with van der Waals surface area (Å²) in [6, 6.07) is -3.22. The van der Waals surface area contributed by atoms with E-state index < -0.39 is 48.1 Å². The Bertz CT molecular complexity index is 979. The topological polar surface area (TPSA) is 26.3 Å². The molecular weight excluding hydrogens is 304 g/mol. The number of rotatable bonds is 1. The summed E-state index contributed by atoms with van der Waals surface area (Å²) in [7, 11) is 0. The molecule has 96 valence electrons. The minimum absolute atomic E-state index is 0.0200. The lowest BCUT2D eigenvalue weighted by molar-refractivity contribution is -0.143. The number of hydrogen-bond acceptors (Lipinski definition) is 2. The Kier molecular flexibility index (Phi) is 1.83. The third-order valence-electron chi connectivity index (χ3n) is 3.01. The van der Waals surface area contributed by atoms with E-state index in [9.17, 15) is 4.79 Å². The van der Waals surface area contributed by atoms with Crippen molar-refractivity contribution in [1.29, 1.82) is 0 Å². The van der Waals surface area contributed by atoms with Gasteiger partial charge in [-0.25, -0.2) is 0 Å². The molecule has 0 aliphatic carbocycles. The van der Waals surface area contributed by atoms with Gasteiger partial charge in [-0.3, -0.25) is 4.79 Å². The third-order valence-corrected chi connectivity index (χ3v) is 3.52. The van der Waals surface area contributed by atoms with Gasteiger partial charge in [-0.2, -0.15) is 0 Å². The van der Waals surface area contributed by atoms with Crippen molar-refractivity contribution >= 4 is 32.7 Å². The van der Waals surface area contributed by atoms with Crippen LogP contribution in [0.1, 0.15) is 33.9 Å². The van der Waals surface area contributed by atoms with Gasteiger partial charge in [-0.1, -0.05) is 58.2 Å². The number of allylic oxidation sites excluding steroid dienone is 1. The molecule has 2 nitrogen and oxygen atoms in total. The molecular formula is C16H13BrO2. The average Bonchev–Trinajstić information content (AvgIpc) is 2.63. The van der Waals surface area contributed by atoms with Gasteiger partial charge in [0.05, 0.1) is 15.5 Å². The number of esters is 1. The van der Waals surface area contributed by atoms with E-state index in [0.29, 0.717) is 12.2 Å². The standard InChI is InChI=1S/C16H13BrO2/c17-10-12-8-9-15(16(18)19-12)14-7-3-5-11-4-1-2-6-13(11)14/h1-7,10,15H,8-9H2/b12-10+/t15-/m0/s1/i1D,2D,3D,4D,5D,6D,7D. The van der Waals surface area contributed by atoms with Crippen molar-refractivity contribution in [1.82, 2.24) is 0 Å². The monoisotopic (exact) mass is 323 g/mol. The summed E-state index contributed by atoms with van der Waals surface area (Å²) < 4.78 is 61.5. The van der Waals surface area contributed by atoms with Crippen molar-refractivity contribution in [2.75, 3.05) is 0 Å². The molecule has 0 N–H and O–H groups in total. The molecule has 1 aliphatic heterocycles. The Morgan fingerprint density at radius 2 is 2.05 bits per heavy atom. The van der Waals surface area contributed by atoms with Crippen molar-refractivity contribution in [2.45, 2.75) is 18.8 Å². The third kappa shape index (κ3) is 2.30. The van der Waals surface area contributed by atoms with Gasteiger partial charge in [-0.15, -0.1) is 0 Å². The van der Waals surface area contributed by atoms with Gasteiger partial charge in [0.2, 0.25) is 0 Å². The molecule has 2 aromatic rings. The molecule has 0 spiro atoms. The fourth-order valence-corrected chi connectivity index (χ4v) is 2.41. The molecule has 0 aromatic heterocycles. The number of fused-ring (bicyclic) bond motifs is 1. The van der Waals surface area contributed by atoms with E-state index in [2.05, 4.69) is 15.9 Å². The molecule has 2 aromatic carbocycles. The van der Waals surface area contributed by atoms with E-state index in [-0.39, 0.29) is 28.8 Å². The van der Waals surface area contributed by atoms with Gasteiger partial charge < -0.3 is 4.74 Å². The fourth-order valence-electron chi connectivity index (χ4n) is 2.09. The Morgan fingerprint density at radius 3 is 2.84 bits per heavy atom. The molecule has 3 rings (SSSR count). The number of halogens is 1. The van der Waals surface area contributed by atoms with Gasteiger partial charge in [0.25, 0.3) is 0 Å². The van der Waals surface area contributed by atoms with E-state index in [1.54, 1.807) is 0 Å². The van der Waals surface area contributed by atoms with Crippen LogP contribution in [0.15, 0.2) is 53.0 Å². The predicted octanol–water partition coefficient (Wildman–Crippen LogP) is 4.50. The highest BCUT2D eigenvalue weighted by atomic mass is 79.9. The lowest BCUT2D eigenvalue weighted by atomic mass is 9.88. The molecule has 1 fully saturated rings. The predicted molar refractivity (Wildman–Crippen MR) is 79.0 cm³/mol. The first-order valence-corrected chi connectivity index (χ1v) is 6.62. The molecule has 0 unspecified atom stereocenters. The zero-order chi connectivity index (χ0) is 19.3. The Hall–Kier alpha value is -1.61. The molecule has 1 heterocycles. The van der Waals surface area contributed by atoms with Crippen molar-refractivity contribution in [2.24, 2.45) is 0 Å². The van der Waals surface area contributed by atoms with Gasteiger partial charge in [0, 0.05) is 11.4 Å². The van der Waals surface area contributed by atoms with Crippen molar-refractivity contribution in [3.63, 3.8) is 0 Å². The Labute approximate surface area is 130 Å². The number of ether oxygens (including phenoxy) is 1. The average molecular weight is 324 g/mol. The van der Waals surface area contributed by atoms with Gasteiger partial charge in [0.1, 0.15) is 5.76 Å². The first-order valence-electron chi connectivity index (χ1n) is 9.21. The second kappa shape index (κ2) is 5.17. The summed E-state index contributed by atoms with van der Waals surface area (Å²) in [5.41, 5.74) is 0.0200. The number of carbonyl (C=O) groups is 1. The number of cyclic esters (lactones) is 1. The first-order chi connectivity index (χ1) is 12.2. The molecule has 1 saturated heterocycles. The van der Waals surface area contributed by atoms with Crippen LogP contribution in [0.4, 0.5) is 0 Å². The maximum atomic E-state index is 12.4. The molecule has 3 heteroatoms. The van der Waals surface area contributed by atoms with Crippen LogP contribution in [0.5, 0.6) is 0 Å². The van der Waals surface area contributed by atoms with Crippen LogP contribution in [0.2, 0.25) is 0 Å². The van der Waals surface area contributed by atoms with E-state index in [1.807, 2.05) is 0 Å². The quantitative estimate of drug-likeness (QED) is 0.722. The minimum atomic E-state index is -0.939. The summed E-state index contributed by atoms with van der Waals surface area (Å²) >= 11 is 3.10. The maximum Gasteiger partial charge on any atom is 0.318 e. The summed E-state index contributed by atoms with van der Waals surface area (Å²) in [6.45, 7) is 0. The van der Waals surface area contributed by atoms with Crippen LogP contribution in [0.25, 0.3) is 10.8 Å². The Morgan fingerprint density at radius 1 is 1.26 bits per heavy atom. The smallest absolute Gasteiger partial charge is 0.318 e. The van der Waals surface area contributed by atoms with Crippen LogP contribution < -0.4 is 0 Å². The molecule has 1 aliphatic rings. The highest BCUT2D eigenvalue weighted by molar-refractivity contribution is 9.11. The van der Waals surface area contributed by atoms with Crippen LogP contribution >= 0.6 is 15.9 Å². The summed E-state index contributed by atoms with van der Waals surface area (Å²) in [5, 5.41) is -0.211. The van der Waals surface area contributed by atoms with Crippen LogP contribution in [-0.2, 0) is 9.53 Å². The molecule has 0 saturated carbocycles. The molecule has 1 atom stereocenters. The molecule has 19 heavy (non-hydrogen) atoms. The zero-order valence-corrected chi connectivity index (χ0v) is 11.3. The second-order valence-electron chi connectivity index (χ2n) is 4.13. The van der Waals surface area contributed by atoms with Crippen LogP contribution in [0.3, 0.4) is 0 Å². The molecule has 0 radical (unpaired) electrons. The lowest BCUT2D eigenvalue weighted by Gasteiger charge is -2.23. The maximum absolute atomic E-state index is 12.4. The van der Waals surface area contributed by atoms with Crippen molar-refractivity contribution in [3.05, 3.63) is 58.6 Å². The number of carbonyl (C=O) groups excluding carboxylic acids is 1. The summed E-state index contributed by atoms with van der Waals surface area (Å²) in [5.74, 6) is -1.17. The second-order valence-corrected chi connectivity index (χ2v) is 4.58. The van der Waals surface area contributed by atoms with Gasteiger partial charge in [0.15, 0.2) is 0 Å². The van der Waals surface area contributed by atoms with Crippen LogP contribution in [-0.4, -0.2) is 5.97 Å². The van der Waals surface area contributed by atoms with E-state index in [0.717, 1.165) is 0 Å². The zero-order valence-electron chi connectivity index (χ0n) is 16.8. The van der Waals surface area contributed by atoms with Gasteiger partial charge >= 0.3 is 5.97 Å². The van der Waals surface area contributed by atoms with E-state index in [1.165, 1.54) is 4.99 Å². The fraction of sp³-hybridized carbons (Fsp3) is 0.188. The number of hydrogen-bond donors (Lipinski definition) is 0. The van der Waals surface area contributed by atoms with Crippen LogP contribution in [0, 0.1) is 0 Å². The summed E-state index contributed by atoms with van der Waals surface area (Å²) in [4.78, 5) is 13.9. The lowest BCUT2D eigenvalue weighted by Crippen LogP contribution is -2.21. The Balaban J connectivity index is 2.41. The van der Waals surface area contributed by atoms with Crippen molar-refractivity contribution < 1.29 is 19.1 Å². The SMILES string of the molecule is [2H]c1c([2H])c([2H])c2c([C@@H]3CC/C(=C\Br)OC3=O)c([2H])c([2H])c([2H])c2c1[2H]. The molecule has 0 bridgehead atoms. The minimum Gasteiger partial charge on any atom is -0.430 e. The summed E-state index contributed by atoms with van der Waals surface area (Å²) in [6.07, 6.45) is 0.667. The van der Waals surface area contributed by atoms with E-state index >= 15 is 0 Å². The largest absolute Gasteiger partial charge is 0.430 e. The number of benzene rings is 2. The van der Waals surface area contributed by atoms with Crippen molar-refractivity contribution in [3.8, 4) is 0 Å². The van der Waals surface area contributed by atoms with Gasteiger partial charge in [-0.05, 0) is 22.8 Å². The highest BCUT2D eigenvalue weighted by Crippen LogP contribution is 2.35.